The van der Waals surface area contributed by atoms with Crippen LogP contribution in [0.15, 0.2) is 21.0 Å². The van der Waals surface area contributed by atoms with Gasteiger partial charge in [-0.25, -0.2) is 0 Å². The van der Waals surface area contributed by atoms with Gasteiger partial charge >= 0.3 is 0 Å². The molecule has 0 aliphatic carbocycles. The Kier molecular flexibility index (Phi) is 3.93. The molecule has 0 saturated heterocycles. The van der Waals surface area contributed by atoms with Crippen molar-refractivity contribution in [2.24, 2.45) is 0 Å². The van der Waals surface area contributed by atoms with E-state index in [1.807, 2.05) is 19.1 Å². The molecule has 0 atom stereocenters. The van der Waals surface area contributed by atoms with Crippen LogP contribution in [0.5, 0.6) is 0 Å². The Labute approximate surface area is 100 Å². The second-order valence-corrected chi connectivity index (χ2v) is 3.91. The summed E-state index contributed by atoms with van der Waals surface area (Å²) >= 11 is 0. The highest BCUT2D eigenvalue weighted by Crippen LogP contribution is 2.20. The molecule has 2 aromatic rings. The summed E-state index contributed by atoms with van der Waals surface area (Å²) in [6.07, 6.45) is 1.87. The monoisotopic (exact) mass is 235 g/mol. The quantitative estimate of drug-likeness (QED) is 0.777. The fourth-order valence-electron chi connectivity index (χ4n) is 1.50. The summed E-state index contributed by atoms with van der Waals surface area (Å²) in [5.41, 5.74) is 0. The third-order valence-electron chi connectivity index (χ3n) is 2.36. The maximum absolute atomic E-state index is 5.51. The van der Waals surface area contributed by atoms with Crippen LogP contribution in [0, 0.1) is 6.92 Å². The number of aryl methyl sites for hydroxylation is 1. The van der Waals surface area contributed by atoms with E-state index in [4.69, 9.17) is 8.83 Å². The van der Waals surface area contributed by atoms with Crippen LogP contribution in [-0.4, -0.2) is 23.3 Å². The van der Waals surface area contributed by atoms with E-state index in [9.17, 15) is 0 Å². The fraction of sp³-hybridized carbons (Fsp3) is 0.500. The maximum Gasteiger partial charge on any atom is 0.283 e. The van der Waals surface area contributed by atoms with Crippen molar-refractivity contribution >= 4 is 0 Å². The van der Waals surface area contributed by atoms with Crippen LogP contribution in [0.25, 0.3) is 11.7 Å². The average Bonchev–Trinajstić information content (AvgIpc) is 2.93. The lowest BCUT2D eigenvalue weighted by molar-refractivity contribution is 0.467. The number of furan rings is 1. The van der Waals surface area contributed by atoms with E-state index in [-0.39, 0.29) is 0 Å². The summed E-state index contributed by atoms with van der Waals surface area (Å²) in [6, 6.07) is 3.71. The Morgan fingerprint density at radius 1 is 1.18 bits per heavy atom. The molecule has 0 saturated carbocycles. The van der Waals surface area contributed by atoms with Crippen molar-refractivity contribution in [3.05, 3.63) is 23.8 Å². The molecule has 0 unspecified atom stereocenters. The van der Waals surface area contributed by atoms with Crippen molar-refractivity contribution in [3.63, 3.8) is 0 Å². The fourth-order valence-corrected chi connectivity index (χ4v) is 1.50. The number of nitrogens with one attached hydrogen (secondary N) is 1. The standard InChI is InChI=1S/C12H17N3O2/c1-3-7-13-8-6-11-14-15-12(17-11)10-5-4-9(2)16-10/h4-5,13H,3,6-8H2,1-2H3. The summed E-state index contributed by atoms with van der Waals surface area (Å²) in [4.78, 5) is 0. The molecule has 0 amide bonds. The van der Waals surface area contributed by atoms with Crippen LogP contribution in [0.3, 0.4) is 0 Å². The number of rotatable bonds is 6. The third-order valence-corrected chi connectivity index (χ3v) is 2.36. The first-order valence-corrected chi connectivity index (χ1v) is 5.89. The number of hydrogen-bond acceptors (Lipinski definition) is 5. The smallest absolute Gasteiger partial charge is 0.283 e. The molecule has 0 radical (unpaired) electrons. The van der Waals surface area contributed by atoms with Crippen molar-refractivity contribution in [1.82, 2.24) is 15.5 Å². The average molecular weight is 235 g/mol. The molecule has 0 aliphatic rings. The van der Waals surface area contributed by atoms with Gasteiger partial charge in [0.2, 0.25) is 5.89 Å². The minimum atomic E-state index is 0.448. The summed E-state index contributed by atoms with van der Waals surface area (Å²) in [5, 5.41) is 11.2. The lowest BCUT2D eigenvalue weighted by Crippen LogP contribution is -2.17. The van der Waals surface area contributed by atoms with Gasteiger partial charge in [-0.15, -0.1) is 10.2 Å². The predicted molar refractivity (Wildman–Crippen MR) is 63.6 cm³/mol. The van der Waals surface area contributed by atoms with Crippen LogP contribution >= 0.6 is 0 Å². The zero-order chi connectivity index (χ0) is 12.1. The van der Waals surface area contributed by atoms with E-state index in [1.165, 1.54) is 0 Å². The second kappa shape index (κ2) is 5.63. The van der Waals surface area contributed by atoms with Crippen molar-refractivity contribution in [2.45, 2.75) is 26.7 Å². The molecule has 0 bridgehead atoms. The van der Waals surface area contributed by atoms with E-state index in [2.05, 4.69) is 22.4 Å². The molecule has 5 heteroatoms. The lowest BCUT2D eigenvalue weighted by Gasteiger charge is -1.98. The largest absolute Gasteiger partial charge is 0.456 e. The molecular weight excluding hydrogens is 218 g/mol. The van der Waals surface area contributed by atoms with Gasteiger partial charge in [0, 0.05) is 13.0 Å². The number of aromatic nitrogens is 2. The highest BCUT2D eigenvalue weighted by atomic mass is 16.4. The van der Waals surface area contributed by atoms with E-state index >= 15 is 0 Å². The topological polar surface area (TPSA) is 64.1 Å². The van der Waals surface area contributed by atoms with Gasteiger partial charge in [-0.2, -0.15) is 0 Å². The normalized spacial score (nSPS) is 10.9. The summed E-state index contributed by atoms with van der Waals surface area (Å²) in [6.45, 7) is 5.89. The van der Waals surface area contributed by atoms with Crippen molar-refractivity contribution in [1.29, 1.82) is 0 Å². The Morgan fingerprint density at radius 3 is 2.76 bits per heavy atom. The van der Waals surface area contributed by atoms with Crippen LogP contribution in [-0.2, 0) is 6.42 Å². The van der Waals surface area contributed by atoms with Gasteiger partial charge in [0.1, 0.15) is 5.76 Å². The van der Waals surface area contributed by atoms with Crippen molar-refractivity contribution in [2.75, 3.05) is 13.1 Å². The first-order chi connectivity index (χ1) is 8.29. The Balaban J connectivity index is 1.92. The molecule has 2 aromatic heterocycles. The van der Waals surface area contributed by atoms with Crippen LogP contribution in [0.2, 0.25) is 0 Å². The third kappa shape index (κ3) is 3.17. The summed E-state index contributed by atoms with van der Waals surface area (Å²) in [5.74, 6) is 2.55. The molecule has 92 valence electrons. The first kappa shape index (κ1) is 11.9. The van der Waals surface area contributed by atoms with E-state index in [1.54, 1.807) is 0 Å². The van der Waals surface area contributed by atoms with Gasteiger partial charge in [0.25, 0.3) is 5.89 Å². The Morgan fingerprint density at radius 2 is 2.06 bits per heavy atom. The molecule has 17 heavy (non-hydrogen) atoms. The molecule has 0 spiro atoms. The summed E-state index contributed by atoms with van der Waals surface area (Å²) in [7, 11) is 0. The van der Waals surface area contributed by atoms with E-state index in [0.29, 0.717) is 17.5 Å². The second-order valence-electron chi connectivity index (χ2n) is 3.91. The predicted octanol–water partition coefficient (Wildman–Crippen LogP) is 2.18. The minimum Gasteiger partial charge on any atom is -0.456 e. The van der Waals surface area contributed by atoms with Gasteiger partial charge in [0.15, 0.2) is 5.76 Å². The first-order valence-electron chi connectivity index (χ1n) is 5.89. The molecule has 1 N–H and O–H groups in total. The van der Waals surface area contributed by atoms with Gasteiger partial charge in [0.05, 0.1) is 0 Å². The van der Waals surface area contributed by atoms with E-state index in [0.717, 1.165) is 31.7 Å². The zero-order valence-electron chi connectivity index (χ0n) is 10.2. The summed E-state index contributed by atoms with van der Waals surface area (Å²) < 4.78 is 10.9. The highest BCUT2D eigenvalue weighted by Gasteiger charge is 2.11. The van der Waals surface area contributed by atoms with E-state index < -0.39 is 0 Å². The van der Waals surface area contributed by atoms with Crippen LogP contribution in [0.1, 0.15) is 25.0 Å². The molecule has 5 nitrogen and oxygen atoms in total. The molecule has 0 fully saturated rings. The van der Waals surface area contributed by atoms with Crippen LogP contribution in [0.4, 0.5) is 0 Å². The highest BCUT2D eigenvalue weighted by molar-refractivity contribution is 5.43. The molecule has 2 heterocycles. The molecular formula is C12H17N3O2. The van der Waals surface area contributed by atoms with Crippen LogP contribution < -0.4 is 5.32 Å². The van der Waals surface area contributed by atoms with Gasteiger partial charge in [-0.1, -0.05) is 6.92 Å². The number of hydrogen-bond donors (Lipinski definition) is 1. The van der Waals surface area contributed by atoms with Crippen molar-refractivity contribution < 1.29 is 8.83 Å². The van der Waals surface area contributed by atoms with Gasteiger partial charge in [-0.3, -0.25) is 0 Å². The van der Waals surface area contributed by atoms with Gasteiger partial charge in [-0.05, 0) is 32.0 Å². The zero-order valence-corrected chi connectivity index (χ0v) is 10.2. The SMILES string of the molecule is CCCNCCc1nnc(-c2ccc(C)o2)o1. The van der Waals surface area contributed by atoms with Gasteiger partial charge < -0.3 is 14.2 Å². The lowest BCUT2D eigenvalue weighted by atomic mass is 10.4. The number of nitrogens with zero attached hydrogens (tertiary/aromatic N) is 2. The Hall–Kier alpha value is -1.62. The minimum absolute atomic E-state index is 0.448. The molecule has 0 aromatic carbocycles. The molecule has 2 rings (SSSR count). The van der Waals surface area contributed by atoms with Crippen molar-refractivity contribution in [3.8, 4) is 11.7 Å². The molecule has 0 aliphatic heterocycles. The Bertz CT molecular complexity index is 462. The maximum atomic E-state index is 5.51.